The molecule has 3 rings (SSSR count). The topological polar surface area (TPSA) is 42.0 Å². The number of amides is 1. The molecule has 3 nitrogen and oxygen atoms in total. The maximum atomic E-state index is 11.9. The summed E-state index contributed by atoms with van der Waals surface area (Å²) in [5.74, 6) is 0.548. The van der Waals surface area contributed by atoms with Crippen LogP contribution in [0.2, 0.25) is 0 Å². The van der Waals surface area contributed by atoms with E-state index in [1.807, 2.05) is 12.1 Å². The van der Waals surface area contributed by atoms with E-state index in [1.54, 1.807) is 12.3 Å². The van der Waals surface area contributed by atoms with Gasteiger partial charge in [-0.25, -0.2) is 0 Å². The molecular formula is C20H22N2O. The number of aromatic nitrogens is 1. The van der Waals surface area contributed by atoms with Crippen molar-refractivity contribution >= 4 is 5.91 Å². The maximum Gasteiger partial charge on any atom is 0.269 e. The maximum absolute atomic E-state index is 11.9. The number of hydrogen-bond donors (Lipinski definition) is 1. The minimum absolute atomic E-state index is 0.0934. The molecule has 0 radical (unpaired) electrons. The molecule has 1 aromatic carbocycles. The highest BCUT2D eigenvalue weighted by Gasteiger charge is 2.16. The van der Waals surface area contributed by atoms with Crippen molar-refractivity contribution in [3.63, 3.8) is 0 Å². The van der Waals surface area contributed by atoms with Gasteiger partial charge in [0.2, 0.25) is 0 Å². The summed E-state index contributed by atoms with van der Waals surface area (Å²) in [5.41, 5.74) is 3.37. The molecule has 23 heavy (non-hydrogen) atoms. The highest BCUT2D eigenvalue weighted by atomic mass is 16.1. The average Bonchev–Trinajstić information content (AvgIpc) is 2.64. The van der Waals surface area contributed by atoms with E-state index in [0.717, 1.165) is 19.3 Å². The summed E-state index contributed by atoms with van der Waals surface area (Å²) < 4.78 is 0. The summed E-state index contributed by atoms with van der Waals surface area (Å²) in [6, 6.07) is 16.1. The number of allylic oxidation sites excluding steroid dienone is 1. The quantitative estimate of drug-likeness (QED) is 0.845. The SMILES string of the molecule is O=C(NCCC1=CCC(c2ccccc2)CC1)c1ccccn1. The van der Waals surface area contributed by atoms with Crippen molar-refractivity contribution in [3.05, 3.63) is 77.6 Å². The van der Waals surface area contributed by atoms with E-state index in [-0.39, 0.29) is 5.91 Å². The molecule has 1 amide bonds. The summed E-state index contributed by atoms with van der Waals surface area (Å²) in [6.07, 6.45) is 8.35. The third-order valence-electron chi connectivity index (χ3n) is 4.41. The summed E-state index contributed by atoms with van der Waals surface area (Å²) in [5, 5.41) is 2.95. The van der Waals surface area contributed by atoms with Crippen LogP contribution in [0.25, 0.3) is 0 Å². The molecule has 1 heterocycles. The Kier molecular flexibility index (Phi) is 5.20. The summed E-state index contributed by atoms with van der Waals surface area (Å²) in [7, 11) is 0. The van der Waals surface area contributed by atoms with Gasteiger partial charge in [-0.2, -0.15) is 0 Å². The van der Waals surface area contributed by atoms with Crippen LogP contribution in [0.3, 0.4) is 0 Å². The Morgan fingerprint density at radius 2 is 1.96 bits per heavy atom. The molecule has 0 bridgehead atoms. The molecule has 3 heteroatoms. The van der Waals surface area contributed by atoms with E-state index < -0.39 is 0 Å². The Labute approximate surface area is 137 Å². The predicted molar refractivity (Wildman–Crippen MR) is 92.3 cm³/mol. The first kappa shape index (κ1) is 15.5. The van der Waals surface area contributed by atoms with Gasteiger partial charge in [0, 0.05) is 12.7 Å². The lowest BCUT2D eigenvalue weighted by molar-refractivity contribution is 0.0949. The van der Waals surface area contributed by atoms with Crippen LogP contribution in [0.1, 0.15) is 47.7 Å². The fourth-order valence-electron chi connectivity index (χ4n) is 3.07. The van der Waals surface area contributed by atoms with Crippen molar-refractivity contribution in [2.45, 2.75) is 31.6 Å². The molecule has 1 N–H and O–H groups in total. The molecule has 0 saturated heterocycles. The Bertz CT molecular complexity index is 665. The average molecular weight is 306 g/mol. The molecule has 1 unspecified atom stereocenters. The molecule has 0 saturated carbocycles. The largest absolute Gasteiger partial charge is 0.350 e. The Morgan fingerprint density at radius 3 is 2.65 bits per heavy atom. The normalized spacial score (nSPS) is 17.4. The van der Waals surface area contributed by atoms with E-state index in [2.05, 4.69) is 46.7 Å². The lowest BCUT2D eigenvalue weighted by Gasteiger charge is -2.22. The van der Waals surface area contributed by atoms with Crippen LogP contribution in [0.5, 0.6) is 0 Å². The van der Waals surface area contributed by atoms with Crippen molar-refractivity contribution in [1.82, 2.24) is 10.3 Å². The molecule has 2 aromatic rings. The van der Waals surface area contributed by atoms with Gasteiger partial charge in [-0.15, -0.1) is 0 Å². The highest BCUT2D eigenvalue weighted by Crippen LogP contribution is 2.32. The molecule has 0 spiro atoms. The lowest BCUT2D eigenvalue weighted by Crippen LogP contribution is -2.25. The number of carbonyl (C=O) groups excluding carboxylic acids is 1. The molecule has 1 aliphatic rings. The third-order valence-corrected chi connectivity index (χ3v) is 4.41. The molecular weight excluding hydrogens is 284 g/mol. The van der Waals surface area contributed by atoms with E-state index in [4.69, 9.17) is 0 Å². The van der Waals surface area contributed by atoms with Gasteiger partial charge >= 0.3 is 0 Å². The van der Waals surface area contributed by atoms with Crippen LogP contribution in [0.15, 0.2) is 66.4 Å². The van der Waals surface area contributed by atoms with Crippen molar-refractivity contribution in [2.75, 3.05) is 6.54 Å². The second-order valence-corrected chi connectivity index (χ2v) is 5.97. The van der Waals surface area contributed by atoms with Gasteiger partial charge in [-0.3, -0.25) is 9.78 Å². The van der Waals surface area contributed by atoms with Crippen molar-refractivity contribution in [3.8, 4) is 0 Å². The fraction of sp³-hybridized carbons (Fsp3) is 0.300. The molecule has 1 aromatic heterocycles. The molecule has 0 aliphatic heterocycles. The number of benzene rings is 1. The summed E-state index contributed by atoms with van der Waals surface area (Å²) >= 11 is 0. The monoisotopic (exact) mass is 306 g/mol. The van der Waals surface area contributed by atoms with Gasteiger partial charge in [0.25, 0.3) is 5.91 Å². The van der Waals surface area contributed by atoms with Gasteiger partial charge in [-0.05, 0) is 49.3 Å². The summed E-state index contributed by atoms with van der Waals surface area (Å²) in [4.78, 5) is 16.0. The van der Waals surface area contributed by atoms with Crippen LogP contribution in [-0.2, 0) is 0 Å². The van der Waals surface area contributed by atoms with Crippen molar-refractivity contribution in [1.29, 1.82) is 0 Å². The Morgan fingerprint density at radius 1 is 1.13 bits per heavy atom. The van der Waals surface area contributed by atoms with E-state index in [1.165, 1.54) is 17.6 Å². The van der Waals surface area contributed by atoms with E-state index in [9.17, 15) is 4.79 Å². The van der Waals surface area contributed by atoms with Crippen LogP contribution in [0.4, 0.5) is 0 Å². The van der Waals surface area contributed by atoms with Gasteiger partial charge in [-0.1, -0.05) is 48.0 Å². The zero-order valence-corrected chi connectivity index (χ0v) is 13.2. The van der Waals surface area contributed by atoms with Crippen LogP contribution < -0.4 is 5.32 Å². The minimum Gasteiger partial charge on any atom is -0.350 e. The van der Waals surface area contributed by atoms with Crippen molar-refractivity contribution in [2.24, 2.45) is 0 Å². The van der Waals surface area contributed by atoms with Crippen LogP contribution >= 0.6 is 0 Å². The van der Waals surface area contributed by atoms with E-state index >= 15 is 0 Å². The number of nitrogens with one attached hydrogen (secondary N) is 1. The number of hydrogen-bond acceptors (Lipinski definition) is 2. The van der Waals surface area contributed by atoms with Gasteiger partial charge in [0.15, 0.2) is 0 Å². The second-order valence-electron chi connectivity index (χ2n) is 5.97. The number of nitrogens with zero attached hydrogens (tertiary/aromatic N) is 1. The lowest BCUT2D eigenvalue weighted by atomic mass is 9.84. The Hall–Kier alpha value is -2.42. The molecule has 0 fully saturated rings. The zero-order valence-electron chi connectivity index (χ0n) is 13.2. The van der Waals surface area contributed by atoms with Gasteiger partial charge in [0.05, 0.1) is 0 Å². The zero-order chi connectivity index (χ0) is 15.9. The highest BCUT2D eigenvalue weighted by molar-refractivity contribution is 5.92. The number of rotatable bonds is 5. The van der Waals surface area contributed by atoms with Gasteiger partial charge < -0.3 is 5.32 Å². The second kappa shape index (κ2) is 7.73. The first-order chi connectivity index (χ1) is 11.3. The molecule has 1 atom stereocenters. The first-order valence-electron chi connectivity index (χ1n) is 8.25. The minimum atomic E-state index is -0.0934. The predicted octanol–water partition coefficient (Wildman–Crippen LogP) is 4.10. The van der Waals surface area contributed by atoms with Crippen LogP contribution in [0, 0.1) is 0 Å². The molecule has 118 valence electrons. The number of pyridine rings is 1. The standard InChI is InChI=1S/C20H22N2O/c23-20(19-8-4-5-14-21-19)22-15-13-16-9-11-18(12-10-16)17-6-2-1-3-7-17/h1-9,14,18H,10-13,15H2,(H,22,23). The smallest absolute Gasteiger partial charge is 0.269 e. The van der Waals surface area contributed by atoms with Crippen molar-refractivity contribution < 1.29 is 4.79 Å². The Balaban J connectivity index is 1.45. The fourth-order valence-corrected chi connectivity index (χ4v) is 3.07. The summed E-state index contributed by atoms with van der Waals surface area (Å²) in [6.45, 7) is 0.678. The third kappa shape index (κ3) is 4.28. The number of carbonyl (C=O) groups is 1. The van der Waals surface area contributed by atoms with E-state index in [0.29, 0.717) is 18.2 Å². The molecule has 1 aliphatic carbocycles. The van der Waals surface area contributed by atoms with Gasteiger partial charge in [0.1, 0.15) is 5.69 Å². The van der Waals surface area contributed by atoms with Crippen LogP contribution in [-0.4, -0.2) is 17.4 Å². The first-order valence-corrected chi connectivity index (χ1v) is 8.25.